The van der Waals surface area contributed by atoms with Crippen molar-refractivity contribution in [3.8, 4) is 5.75 Å². The maximum atomic E-state index is 11.0. The van der Waals surface area contributed by atoms with Crippen LogP contribution in [0.2, 0.25) is 0 Å². The van der Waals surface area contributed by atoms with Crippen molar-refractivity contribution in [2.75, 3.05) is 20.3 Å². The Hall–Kier alpha value is -2.07. The van der Waals surface area contributed by atoms with Gasteiger partial charge in [0.1, 0.15) is 5.75 Å². The average molecular weight is 273 g/mol. The number of methoxy groups -OCH3 is 1. The molecule has 2 N–H and O–H groups in total. The van der Waals surface area contributed by atoms with E-state index in [-0.39, 0.29) is 18.4 Å². The summed E-state index contributed by atoms with van der Waals surface area (Å²) in [5.41, 5.74) is 1.01. The molecule has 0 aromatic heterocycles. The number of amides is 1. The van der Waals surface area contributed by atoms with Crippen molar-refractivity contribution in [1.82, 2.24) is 5.32 Å². The summed E-state index contributed by atoms with van der Waals surface area (Å²) in [6.45, 7) is 1.87. The molecular weight excluding hydrogens is 254 g/mol. The second kappa shape index (κ2) is 6.39. The van der Waals surface area contributed by atoms with Gasteiger partial charge in [-0.3, -0.25) is 4.79 Å². The third-order valence-electron chi connectivity index (χ3n) is 3.38. The molecule has 2 rings (SSSR count). The van der Waals surface area contributed by atoms with E-state index in [4.69, 9.17) is 4.74 Å². The van der Waals surface area contributed by atoms with Gasteiger partial charge in [-0.2, -0.15) is 0 Å². The summed E-state index contributed by atoms with van der Waals surface area (Å²) in [5.74, 6) is 0.553. The highest BCUT2D eigenvalue weighted by Gasteiger charge is 2.14. The van der Waals surface area contributed by atoms with E-state index in [1.165, 1.54) is 6.92 Å². The van der Waals surface area contributed by atoms with Crippen molar-refractivity contribution in [3.63, 3.8) is 0 Å². The number of rotatable bonds is 5. The number of carbonyl (C=O) groups excluding carboxylic acids is 1. The first kappa shape index (κ1) is 14.3. The molecule has 4 nitrogen and oxygen atoms in total. The lowest BCUT2D eigenvalue weighted by atomic mass is 9.93. The third-order valence-corrected chi connectivity index (χ3v) is 3.38. The van der Waals surface area contributed by atoms with Gasteiger partial charge >= 0.3 is 0 Å². The van der Waals surface area contributed by atoms with E-state index in [0.29, 0.717) is 6.54 Å². The van der Waals surface area contributed by atoms with Crippen LogP contribution in [0, 0.1) is 0 Å². The van der Waals surface area contributed by atoms with Crippen LogP contribution in [-0.2, 0) is 4.79 Å². The lowest BCUT2D eigenvalue weighted by Gasteiger charge is -2.17. The van der Waals surface area contributed by atoms with Crippen LogP contribution in [0.3, 0.4) is 0 Å². The lowest BCUT2D eigenvalue weighted by Crippen LogP contribution is -2.27. The number of benzene rings is 2. The van der Waals surface area contributed by atoms with Gasteiger partial charge in [-0.15, -0.1) is 0 Å². The number of aliphatic hydroxyl groups is 1. The number of hydrogen-bond acceptors (Lipinski definition) is 3. The fraction of sp³-hybridized carbons (Fsp3) is 0.312. The standard InChI is InChI=1S/C16H19NO3/c1-11(19)17-9-13(10-18)15-5-3-4-12-6-7-14(20-2)8-16(12)15/h3-8,13,18H,9-10H2,1-2H3,(H,17,19)/t13-/m1/s1. The van der Waals surface area contributed by atoms with Crippen LogP contribution >= 0.6 is 0 Å². The van der Waals surface area contributed by atoms with E-state index in [9.17, 15) is 9.90 Å². The quantitative estimate of drug-likeness (QED) is 0.876. The Kier molecular flexibility index (Phi) is 4.58. The minimum absolute atomic E-state index is 0.0173. The fourth-order valence-electron chi connectivity index (χ4n) is 2.30. The predicted octanol–water partition coefficient (Wildman–Crippen LogP) is 2.06. The third kappa shape index (κ3) is 3.08. The van der Waals surface area contributed by atoms with Gasteiger partial charge in [0.25, 0.3) is 0 Å². The van der Waals surface area contributed by atoms with E-state index in [2.05, 4.69) is 5.32 Å². The first-order chi connectivity index (χ1) is 9.65. The van der Waals surface area contributed by atoms with Crippen LogP contribution < -0.4 is 10.1 Å². The smallest absolute Gasteiger partial charge is 0.216 e. The Bertz CT molecular complexity index is 610. The largest absolute Gasteiger partial charge is 0.497 e. The van der Waals surface area contributed by atoms with Crippen molar-refractivity contribution in [2.24, 2.45) is 0 Å². The average Bonchev–Trinajstić information content (AvgIpc) is 2.47. The lowest BCUT2D eigenvalue weighted by molar-refractivity contribution is -0.119. The molecule has 0 bridgehead atoms. The molecule has 1 amide bonds. The van der Waals surface area contributed by atoms with Gasteiger partial charge in [0.15, 0.2) is 0 Å². The van der Waals surface area contributed by atoms with E-state index < -0.39 is 0 Å². The van der Waals surface area contributed by atoms with E-state index in [1.54, 1.807) is 7.11 Å². The van der Waals surface area contributed by atoms with Gasteiger partial charge in [0.2, 0.25) is 5.91 Å². The topological polar surface area (TPSA) is 58.6 Å². The highest BCUT2D eigenvalue weighted by atomic mass is 16.5. The molecular formula is C16H19NO3. The van der Waals surface area contributed by atoms with Crippen LogP contribution in [0.4, 0.5) is 0 Å². The van der Waals surface area contributed by atoms with E-state index in [1.807, 2.05) is 36.4 Å². The van der Waals surface area contributed by atoms with Gasteiger partial charge in [-0.1, -0.05) is 24.3 Å². The number of hydrogen-bond donors (Lipinski definition) is 2. The van der Waals surface area contributed by atoms with Gasteiger partial charge in [0.05, 0.1) is 13.7 Å². The Balaban J connectivity index is 2.42. The molecule has 2 aromatic rings. The van der Waals surface area contributed by atoms with Crippen LogP contribution in [-0.4, -0.2) is 31.3 Å². The molecule has 0 heterocycles. The van der Waals surface area contributed by atoms with Crippen LogP contribution in [0.5, 0.6) is 5.75 Å². The van der Waals surface area contributed by atoms with Crippen molar-refractivity contribution in [3.05, 3.63) is 42.0 Å². The molecule has 0 aliphatic heterocycles. The molecule has 0 spiro atoms. The summed E-state index contributed by atoms with van der Waals surface area (Å²) in [6, 6.07) is 11.8. The minimum Gasteiger partial charge on any atom is -0.497 e. The zero-order valence-corrected chi connectivity index (χ0v) is 11.7. The summed E-state index contributed by atoms with van der Waals surface area (Å²) >= 11 is 0. The number of ether oxygens (including phenoxy) is 1. The zero-order valence-electron chi connectivity index (χ0n) is 11.7. The van der Waals surface area contributed by atoms with Crippen molar-refractivity contribution < 1.29 is 14.6 Å². The second-order valence-electron chi connectivity index (χ2n) is 4.75. The summed E-state index contributed by atoms with van der Waals surface area (Å²) in [5, 5.41) is 14.5. The number of nitrogens with one attached hydrogen (secondary N) is 1. The number of aliphatic hydroxyl groups excluding tert-OH is 1. The molecule has 0 fully saturated rings. The van der Waals surface area contributed by atoms with E-state index >= 15 is 0 Å². The van der Waals surface area contributed by atoms with Gasteiger partial charge in [0, 0.05) is 19.4 Å². The molecule has 0 unspecified atom stereocenters. The summed E-state index contributed by atoms with van der Waals surface area (Å²) in [4.78, 5) is 11.0. The summed E-state index contributed by atoms with van der Waals surface area (Å²) in [6.07, 6.45) is 0. The maximum absolute atomic E-state index is 11.0. The Morgan fingerprint density at radius 2 is 2.15 bits per heavy atom. The molecule has 4 heteroatoms. The number of fused-ring (bicyclic) bond motifs is 1. The van der Waals surface area contributed by atoms with E-state index in [0.717, 1.165) is 22.1 Å². The molecule has 1 atom stereocenters. The Labute approximate surface area is 118 Å². The number of carbonyl (C=O) groups is 1. The molecule has 20 heavy (non-hydrogen) atoms. The summed E-state index contributed by atoms with van der Waals surface area (Å²) in [7, 11) is 1.63. The molecule has 0 aliphatic carbocycles. The predicted molar refractivity (Wildman–Crippen MR) is 79.0 cm³/mol. The van der Waals surface area contributed by atoms with Crippen molar-refractivity contribution >= 4 is 16.7 Å². The SMILES string of the molecule is COc1ccc2cccc([C@@H](CO)CNC(C)=O)c2c1. The highest BCUT2D eigenvalue weighted by Crippen LogP contribution is 2.28. The van der Waals surface area contributed by atoms with Crippen molar-refractivity contribution in [1.29, 1.82) is 0 Å². The van der Waals surface area contributed by atoms with Gasteiger partial charge < -0.3 is 15.2 Å². The monoisotopic (exact) mass is 273 g/mol. The first-order valence-electron chi connectivity index (χ1n) is 6.57. The van der Waals surface area contributed by atoms with Crippen molar-refractivity contribution in [2.45, 2.75) is 12.8 Å². The minimum atomic E-state index is -0.130. The highest BCUT2D eigenvalue weighted by molar-refractivity contribution is 5.87. The first-order valence-corrected chi connectivity index (χ1v) is 6.57. The molecule has 0 aliphatic rings. The fourth-order valence-corrected chi connectivity index (χ4v) is 2.30. The van der Waals surface area contributed by atoms with Gasteiger partial charge in [-0.05, 0) is 28.5 Å². The summed E-state index contributed by atoms with van der Waals surface area (Å²) < 4.78 is 5.26. The van der Waals surface area contributed by atoms with Crippen LogP contribution in [0.1, 0.15) is 18.4 Å². The van der Waals surface area contributed by atoms with Crippen LogP contribution in [0.15, 0.2) is 36.4 Å². The second-order valence-corrected chi connectivity index (χ2v) is 4.75. The van der Waals surface area contributed by atoms with Crippen LogP contribution in [0.25, 0.3) is 10.8 Å². The maximum Gasteiger partial charge on any atom is 0.216 e. The molecule has 2 aromatic carbocycles. The van der Waals surface area contributed by atoms with Gasteiger partial charge in [-0.25, -0.2) is 0 Å². The molecule has 0 radical (unpaired) electrons. The molecule has 0 saturated heterocycles. The zero-order chi connectivity index (χ0) is 14.5. The normalized spacial score (nSPS) is 12.2. The Morgan fingerprint density at radius 1 is 1.35 bits per heavy atom. The molecule has 106 valence electrons. The molecule has 0 saturated carbocycles. The Morgan fingerprint density at radius 3 is 2.80 bits per heavy atom.